The van der Waals surface area contributed by atoms with Gasteiger partial charge in [0.15, 0.2) is 0 Å². The number of rotatable bonds is 4. The summed E-state index contributed by atoms with van der Waals surface area (Å²) in [5, 5.41) is 4.11. The van der Waals surface area contributed by atoms with Gasteiger partial charge < -0.3 is 16.4 Å². The highest BCUT2D eigenvalue weighted by Crippen LogP contribution is 2.23. The van der Waals surface area contributed by atoms with E-state index in [1.165, 1.54) is 5.56 Å². The number of hydrogen-bond donors (Lipinski definition) is 2. The summed E-state index contributed by atoms with van der Waals surface area (Å²) in [6.07, 6.45) is 0. The smallest absolute Gasteiger partial charge is 0.250 e. The summed E-state index contributed by atoms with van der Waals surface area (Å²) in [7, 11) is 1.93. The molecule has 4 nitrogen and oxygen atoms in total. The standard InChI is InChI=1S/C13H15N3OS/c1-16(7-9-4-5-18-8-9)12-3-2-10(14)6-11(12)13(15)17/h2-6,8H,7,14H2,1H3,(H2,15,17). The van der Waals surface area contributed by atoms with Crippen molar-refractivity contribution in [1.82, 2.24) is 0 Å². The van der Waals surface area contributed by atoms with Gasteiger partial charge in [-0.1, -0.05) is 0 Å². The minimum Gasteiger partial charge on any atom is -0.399 e. The molecule has 0 spiro atoms. The molecule has 0 aliphatic rings. The van der Waals surface area contributed by atoms with Crippen molar-refractivity contribution in [2.45, 2.75) is 6.54 Å². The molecule has 1 aromatic heterocycles. The maximum atomic E-state index is 11.4. The Balaban J connectivity index is 2.29. The van der Waals surface area contributed by atoms with Crippen molar-refractivity contribution in [1.29, 1.82) is 0 Å². The number of carbonyl (C=O) groups excluding carboxylic acids is 1. The first-order valence-electron chi connectivity index (χ1n) is 5.49. The van der Waals surface area contributed by atoms with E-state index in [9.17, 15) is 4.79 Å². The van der Waals surface area contributed by atoms with E-state index in [-0.39, 0.29) is 0 Å². The molecule has 0 saturated carbocycles. The molecule has 2 aromatic rings. The molecule has 0 aliphatic carbocycles. The molecular formula is C13H15N3OS. The average Bonchev–Trinajstić information content (AvgIpc) is 2.81. The Morgan fingerprint density at radius 2 is 2.17 bits per heavy atom. The molecule has 0 fully saturated rings. The number of nitrogen functional groups attached to an aromatic ring is 1. The van der Waals surface area contributed by atoms with E-state index in [0.717, 1.165) is 12.2 Å². The number of hydrogen-bond acceptors (Lipinski definition) is 4. The second kappa shape index (κ2) is 5.10. The summed E-state index contributed by atoms with van der Waals surface area (Å²) in [5.74, 6) is -0.463. The fourth-order valence-electron chi connectivity index (χ4n) is 1.83. The Morgan fingerprint density at radius 3 is 2.78 bits per heavy atom. The molecular weight excluding hydrogens is 246 g/mol. The van der Waals surface area contributed by atoms with Gasteiger partial charge in [-0.15, -0.1) is 0 Å². The third-order valence-corrected chi connectivity index (χ3v) is 3.43. The van der Waals surface area contributed by atoms with Gasteiger partial charge in [0, 0.05) is 25.0 Å². The van der Waals surface area contributed by atoms with Crippen LogP contribution in [-0.4, -0.2) is 13.0 Å². The van der Waals surface area contributed by atoms with Crippen LogP contribution in [-0.2, 0) is 6.54 Å². The Morgan fingerprint density at radius 1 is 1.39 bits per heavy atom. The lowest BCUT2D eigenvalue weighted by atomic mass is 10.1. The highest BCUT2D eigenvalue weighted by atomic mass is 32.1. The molecule has 0 aliphatic heterocycles. The third kappa shape index (κ3) is 2.62. The van der Waals surface area contributed by atoms with E-state index in [1.54, 1.807) is 23.5 Å². The summed E-state index contributed by atoms with van der Waals surface area (Å²) < 4.78 is 0. The predicted molar refractivity (Wildman–Crippen MR) is 75.8 cm³/mol. The van der Waals surface area contributed by atoms with Crippen LogP contribution in [0.3, 0.4) is 0 Å². The second-order valence-electron chi connectivity index (χ2n) is 4.13. The molecule has 0 atom stereocenters. The van der Waals surface area contributed by atoms with Gasteiger partial charge in [0.1, 0.15) is 0 Å². The van der Waals surface area contributed by atoms with Gasteiger partial charge in [0.25, 0.3) is 5.91 Å². The SMILES string of the molecule is CN(Cc1ccsc1)c1ccc(N)cc1C(N)=O. The van der Waals surface area contributed by atoms with Crippen LogP contribution in [0.1, 0.15) is 15.9 Å². The first-order valence-corrected chi connectivity index (χ1v) is 6.44. The van der Waals surface area contributed by atoms with Crippen LogP contribution in [0.5, 0.6) is 0 Å². The number of benzene rings is 1. The molecule has 94 valence electrons. The first kappa shape index (κ1) is 12.4. The van der Waals surface area contributed by atoms with Crippen LogP contribution in [0, 0.1) is 0 Å². The summed E-state index contributed by atoms with van der Waals surface area (Å²) in [6.45, 7) is 0.730. The Kier molecular flexibility index (Phi) is 3.53. The van der Waals surface area contributed by atoms with E-state index in [4.69, 9.17) is 11.5 Å². The van der Waals surface area contributed by atoms with Gasteiger partial charge >= 0.3 is 0 Å². The van der Waals surface area contributed by atoms with Crippen molar-refractivity contribution in [3.05, 3.63) is 46.2 Å². The molecule has 4 N–H and O–H groups in total. The fraction of sp³-hybridized carbons (Fsp3) is 0.154. The van der Waals surface area contributed by atoms with Gasteiger partial charge in [-0.05, 0) is 40.6 Å². The number of amides is 1. The van der Waals surface area contributed by atoms with Gasteiger partial charge in [-0.2, -0.15) is 11.3 Å². The van der Waals surface area contributed by atoms with Gasteiger partial charge in [-0.25, -0.2) is 0 Å². The van der Waals surface area contributed by atoms with Gasteiger partial charge in [0.2, 0.25) is 0 Å². The van der Waals surface area contributed by atoms with E-state index in [0.29, 0.717) is 11.3 Å². The van der Waals surface area contributed by atoms with E-state index in [1.807, 2.05) is 23.4 Å². The molecule has 0 unspecified atom stereocenters. The van der Waals surface area contributed by atoms with Crippen molar-refractivity contribution in [2.75, 3.05) is 17.7 Å². The summed E-state index contributed by atoms with van der Waals surface area (Å²) >= 11 is 1.65. The number of carbonyl (C=O) groups is 1. The molecule has 1 aromatic carbocycles. The zero-order chi connectivity index (χ0) is 13.1. The van der Waals surface area contributed by atoms with E-state index < -0.39 is 5.91 Å². The zero-order valence-electron chi connectivity index (χ0n) is 10.1. The summed E-state index contributed by atoms with van der Waals surface area (Å²) in [4.78, 5) is 13.4. The van der Waals surface area contributed by atoms with Crippen LogP contribution in [0.2, 0.25) is 0 Å². The van der Waals surface area contributed by atoms with Gasteiger partial charge in [0.05, 0.1) is 5.56 Å². The molecule has 1 heterocycles. The van der Waals surface area contributed by atoms with Gasteiger partial charge in [-0.3, -0.25) is 4.79 Å². The number of nitrogens with zero attached hydrogens (tertiary/aromatic N) is 1. The summed E-state index contributed by atoms with van der Waals surface area (Å²) in [5.41, 5.74) is 14.0. The monoisotopic (exact) mass is 261 g/mol. The van der Waals surface area contributed by atoms with Crippen LogP contribution < -0.4 is 16.4 Å². The maximum Gasteiger partial charge on any atom is 0.250 e. The zero-order valence-corrected chi connectivity index (χ0v) is 10.9. The van der Waals surface area contributed by atoms with Crippen molar-refractivity contribution in [2.24, 2.45) is 5.73 Å². The normalized spacial score (nSPS) is 10.3. The van der Waals surface area contributed by atoms with E-state index >= 15 is 0 Å². The molecule has 0 radical (unpaired) electrons. The lowest BCUT2D eigenvalue weighted by Gasteiger charge is -2.21. The highest BCUT2D eigenvalue weighted by molar-refractivity contribution is 7.07. The minimum atomic E-state index is -0.463. The summed E-state index contributed by atoms with van der Waals surface area (Å²) in [6, 6.07) is 7.26. The Labute approximate surface area is 110 Å². The van der Waals surface area contributed by atoms with Crippen molar-refractivity contribution in [3.63, 3.8) is 0 Å². The fourth-order valence-corrected chi connectivity index (χ4v) is 2.49. The lowest BCUT2D eigenvalue weighted by Crippen LogP contribution is -2.22. The molecule has 5 heteroatoms. The second-order valence-corrected chi connectivity index (χ2v) is 4.91. The lowest BCUT2D eigenvalue weighted by molar-refractivity contribution is 0.100. The number of anilines is 2. The molecule has 18 heavy (non-hydrogen) atoms. The number of thiophene rings is 1. The first-order chi connectivity index (χ1) is 8.58. The largest absolute Gasteiger partial charge is 0.399 e. The average molecular weight is 261 g/mol. The molecule has 2 rings (SSSR count). The van der Waals surface area contributed by atoms with Crippen molar-refractivity contribution < 1.29 is 4.79 Å². The molecule has 0 saturated heterocycles. The predicted octanol–water partition coefficient (Wildman–Crippen LogP) is 2.07. The molecule has 1 amide bonds. The number of primary amides is 1. The van der Waals surface area contributed by atoms with Crippen molar-refractivity contribution >= 4 is 28.6 Å². The van der Waals surface area contributed by atoms with E-state index in [2.05, 4.69) is 11.4 Å². The van der Waals surface area contributed by atoms with Crippen molar-refractivity contribution in [3.8, 4) is 0 Å². The van der Waals surface area contributed by atoms with Crippen LogP contribution >= 0.6 is 11.3 Å². The number of nitrogens with two attached hydrogens (primary N) is 2. The van der Waals surface area contributed by atoms with Crippen LogP contribution in [0.25, 0.3) is 0 Å². The third-order valence-electron chi connectivity index (χ3n) is 2.70. The quantitative estimate of drug-likeness (QED) is 0.827. The van der Waals surface area contributed by atoms with Crippen LogP contribution in [0.15, 0.2) is 35.0 Å². The minimum absolute atomic E-state index is 0.452. The maximum absolute atomic E-state index is 11.4. The Bertz CT molecular complexity index is 551. The topological polar surface area (TPSA) is 72.3 Å². The molecule has 0 bridgehead atoms. The van der Waals surface area contributed by atoms with Crippen LogP contribution in [0.4, 0.5) is 11.4 Å². The Hall–Kier alpha value is -2.01. The highest BCUT2D eigenvalue weighted by Gasteiger charge is 2.12.